The van der Waals surface area contributed by atoms with Crippen LogP contribution < -0.4 is 0 Å². The van der Waals surface area contributed by atoms with Gasteiger partial charge in [-0.3, -0.25) is 8.97 Å². The van der Waals surface area contributed by atoms with Gasteiger partial charge in [-0.15, -0.1) is 10.2 Å². The average molecular weight is 547 g/mol. The van der Waals surface area contributed by atoms with E-state index in [2.05, 4.69) is 95.6 Å². The van der Waals surface area contributed by atoms with Crippen LogP contribution in [0.25, 0.3) is 16.8 Å². The van der Waals surface area contributed by atoms with E-state index < -0.39 is 23.1 Å². The van der Waals surface area contributed by atoms with Crippen molar-refractivity contribution >= 4 is 33.7 Å². The minimum absolute atomic E-state index is 0.0202. The zero-order valence-corrected chi connectivity index (χ0v) is 26.1. The Morgan fingerprint density at radius 3 is 2.24 bits per heavy atom. The van der Waals surface area contributed by atoms with Crippen LogP contribution in [0.15, 0.2) is 19.0 Å². The van der Waals surface area contributed by atoms with Crippen LogP contribution in [-0.4, -0.2) is 70.9 Å². The Balaban J connectivity index is 1.61. The maximum atomic E-state index is 7.20. The molecule has 0 aromatic carbocycles. The second kappa shape index (κ2) is 8.39. The third-order valence-electron chi connectivity index (χ3n) is 8.38. The summed E-state index contributed by atoms with van der Waals surface area (Å²) in [5, 5.41) is 7.99. The van der Waals surface area contributed by atoms with Gasteiger partial charge in [0, 0.05) is 10.1 Å². The standard InChI is InChI=1S/C25H42N6O4Si2/c1-23(2,3)36(10,11)34-19-18-16(12-32-37(35-18,24(4,5)6)25(7,8)9)33-22(19)31-14-26-17-20(31)27-13-30-15-28-29-21(17)30/h13-16,18-19,22H,12H2,1-11H3/t16-,18-,19-,22-/m1/s1. The van der Waals surface area contributed by atoms with Crippen LogP contribution >= 0.6 is 0 Å². The van der Waals surface area contributed by atoms with Gasteiger partial charge in [-0.2, -0.15) is 0 Å². The Labute approximate surface area is 221 Å². The van der Waals surface area contributed by atoms with Crippen LogP contribution in [0.4, 0.5) is 0 Å². The normalized spacial score (nSPS) is 27.2. The monoisotopic (exact) mass is 546 g/mol. The topological polar surface area (TPSA) is 97.8 Å². The first-order chi connectivity index (χ1) is 17.0. The van der Waals surface area contributed by atoms with E-state index in [1.807, 2.05) is 4.57 Å². The van der Waals surface area contributed by atoms with E-state index in [1.54, 1.807) is 23.4 Å². The third-order valence-corrected chi connectivity index (χ3v) is 18.0. The molecule has 0 aliphatic carbocycles. The maximum absolute atomic E-state index is 7.20. The lowest BCUT2D eigenvalue weighted by Crippen LogP contribution is -2.66. The van der Waals surface area contributed by atoms with Crippen molar-refractivity contribution in [3.05, 3.63) is 19.0 Å². The summed E-state index contributed by atoms with van der Waals surface area (Å²) < 4.78 is 31.5. The van der Waals surface area contributed by atoms with Crippen molar-refractivity contribution < 1.29 is 18.0 Å². The van der Waals surface area contributed by atoms with Crippen LogP contribution in [0.5, 0.6) is 0 Å². The zero-order chi connectivity index (χ0) is 27.2. The van der Waals surface area contributed by atoms with Gasteiger partial charge in [-0.1, -0.05) is 62.3 Å². The highest BCUT2D eigenvalue weighted by atomic mass is 28.4. The van der Waals surface area contributed by atoms with Crippen molar-refractivity contribution in [3.8, 4) is 0 Å². The second-order valence-corrected chi connectivity index (χ2v) is 23.6. The Kier molecular flexibility index (Phi) is 6.10. The minimum atomic E-state index is -2.74. The molecule has 0 bridgehead atoms. The van der Waals surface area contributed by atoms with Crippen molar-refractivity contribution in [3.63, 3.8) is 0 Å². The predicted octanol–water partition coefficient (Wildman–Crippen LogP) is 5.22. The zero-order valence-electron chi connectivity index (χ0n) is 24.1. The summed E-state index contributed by atoms with van der Waals surface area (Å²) in [5.74, 6) is 0. The van der Waals surface area contributed by atoms with E-state index in [9.17, 15) is 0 Å². The Morgan fingerprint density at radius 1 is 0.946 bits per heavy atom. The number of imidazole rings is 1. The average Bonchev–Trinajstić information content (AvgIpc) is 3.46. The summed E-state index contributed by atoms with van der Waals surface area (Å²) >= 11 is 0. The Morgan fingerprint density at radius 2 is 1.62 bits per heavy atom. The second-order valence-electron chi connectivity index (χ2n) is 14.0. The lowest BCUT2D eigenvalue weighted by atomic mass is 10.1. The molecular formula is C25H42N6O4Si2. The minimum Gasteiger partial charge on any atom is -0.407 e. The molecular weight excluding hydrogens is 504 g/mol. The van der Waals surface area contributed by atoms with Crippen LogP contribution in [0.3, 0.4) is 0 Å². The molecule has 10 nitrogen and oxygen atoms in total. The van der Waals surface area contributed by atoms with Gasteiger partial charge in [-0.05, 0) is 18.1 Å². The molecule has 0 radical (unpaired) electrons. The molecule has 2 saturated heterocycles. The number of nitrogens with zero attached hydrogens (tertiary/aromatic N) is 6. The fourth-order valence-electron chi connectivity index (χ4n) is 5.63. The Bertz CT molecular complexity index is 1290. The SMILES string of the molecule is CC(C)(C)[Si](C)(C)O[C@@H]1[C@@H]2O[Si](C(C)(C)C)(C(C)(C)C)OC[C@H]2O[C@H]1n1cnc2c1ncn1cnnc21. The lowest BCUT2D eigenvalue weighted by molar-refractivity contribution is -0.0795. The van der Waals surface area contributed by atoms with Crippen molar-refractivity contribution in [2.45, 2.75) is 115 Å². The summed E-state index contributed by atoms with van der Waals surface area (Å²) in [6, 6.07) is 0. The van der Waals surface area contributed by atoms with Gasteiger partial charge >= 0.3 is 8.56 Å². The third kappa shape index (κ3) is 4.11. The highest BCUT2D eigenvalue weighted by Gasteiger charge is 2.66. The van der Waals surface area contributed by atoms with Crippen LogP contribution in [0, 0.1) is 0 Å². The van der Waals surface area contributed by atoms with Gasteiger partial charge in [0.05, 0.1) is 12.9 Å². The molecule has 12 heteroatoms. The molecule has 2 fully saturated rings. The van der Waals surface area contributed by atoms with Gasteiger partial charge in [0.2, 0.25) is 0 Å². The molecule has 3 aromatic rings. The molecule has 204 valence electrons. The molecule has 0 unspecified atom stereocenters. The van der Waals surface area contributed by atoms with E-state index in [4.69, 9.17) is 18.0 Å². The van der Waals surface area contributed by atoms with E-state index in [0.29, 0.717) is 23.4 Å². The van der Waals surface area contributed by atoms with Gasteiger partial charge in [-0.25, -0.2) is 9.97 Å². The van der Waals surface area contributed by atoms with Gasteiger partial charge in [0.15, 0.2) is 31.4 Å². The van der Waals surface area contributed by atoms with E-state index in [-0.39, 0.29) is 33.4 Å². The molecule has 37 heavy (non-hydrogen) atoms. The van der Waals surface area contributed by atoms with Crippen LogP contribution in [0.1, 0.15) is 68.5 Å². The largest absolute Gasteiger partial charge is 0.407 e. The lowest BCUT2D eigenvalue weighted by Gasteiger charge is -2.54. The number of aromatic nitrogens is 6. The highest BCUT2D eigenvalue weighted by molar-refractivity contribution is 6.74. The maximum Gasteiger partial charge on any atom is 0.349 e. The summed E-state index contributed by atoms with van der Waals surface area (Å²) in [7, 11) is -4.94. The molecule has 2 aliphatic rings. The molecule has 5 rings (SSSR count). The van der Waals surface area contributed by atoms with Gasteiger partial charge < -0.3 is 18.0 Å². The molecule has 0 N–H and O–H groups in total. The van der Waals surface area contributed by atoms with Gasteiger partial charge in [0.25, 0.3) is 0 Å². The summed E-state index contributed by atoms with van der Waals surface area (Å²) in [6.07, 6.45) is 3.80. The smallest absolute Gasteiger partial charge is 0.349 e. The molecule has 0 spiro atoms. The van der Waals surface area contributed by atoms with Crippen molar-refractivity contribution in [1.29, 1.82) is 0 Å². The van der Waals surface area contributed by atoms with Crippen molar-refractivity contribution in [2.75, 3.05) is 6.61 Å². The number of rotatable bonds is 3. The Hall–Kier alpha value is -1.71. The molecule has 2 aliphatic heterocycles. The molecule has 4 atom stereocenters. The predicted molar refractivity (Wildman–Crippen MR) is 146 cm³/mol. The first-order valence-corrected chi connectivity index (χ1v) is 17.9. The van der Waals surface area contributed by atoms with E-state index >= 15 is 0 Å². The quantitative estimate of drug-likeness (QED) is 0.413. The first kappa shape index (κ1) is 26.9. The number of hydrogen-bond acceptors (Lipinski definition) is 8. The summed E-state index contributed by atoms with van der Waals surface area (Å²) in [4.78, 5) is 9.34. The highest BCUT2D eigenvalue weighted by Crippen LogP contribution is 2.56. The van der Waals surface area contributed by atoms with Crippen molar-refractivity contribution in [2.24, 2.45) is 0 Å². The van der Waals surface area contributed by atoms with E-state index in [1.165, 1.54) is 0 Å². The fraction of sp³-hybridized carbons (Fsp3) is 0.760. The number of ether oxygens (including phenoxy) is 1. The fourth-order valence-corrected chi connectivity index (χ4v) is 11.9. The van der Waals surface area contributed by atoms with Crippen LogP contribution in [-0.2, 0) is 18.0 Å². The van der Waals surface area contributed by atoms with Crippen LogP contribution in [0.2, 0.25) is 28.2 Å². The molecule has 0 saturated carbocycles. The molecule has 5 heterocycles. The summed E-state index contributed by atoms with van der Waals surface area (Å²) in [6.45, 7) is 25.2. The van der Waals surface area contributed by atoms with E-state index in [0.717, 1.165) is 0 Å². The first-order valence-electron chi connectivity index (χ1n) is 13.1. The van der Waals surface area contributed by atoms with Gasteiger partial charge in [0.1, 0.15) is 31.0 Å². The number of fused-ring (bicyclic) bond motifs is 4. The molecule has 3 aromatic heterocycles. The van der Waals surface area contributed by atoms with Crippen molar-refractivity contribution in [1.82, 2.24) is 29.1 Å². The number of hydrogen-bond donors (Lipinski definition) is 0. The summed E-state index contributed by atoms with van der Waals surface area (Å²) in [5.41, 5.74) is 2.02. The molecule has 0 amide bonds.